The molecule has 1 aromatic heterocycles. The Bertz CT molecular complexity index is 1060. The van der Waals surface area contributed by atoms with Crippen molar-refractivity contribution < 1.29 is 8.42 Å². The third-order valence-corrected chi connectivity index (χ3v) is 5.27. The van der Waals surface area contributed by atoms with Gasteiger partial charge < -0.3 is 4.57 Å². The van der Waals surface area contributed by atoms with E-state index in [0.717, 1.165) is 17.7 Å². The maximum Gasteiger partial charge on any atom is 0.284 e. The molecule has 0 fully saturated rings. The number of hydrogen-bond donors (Lipinski definition) is 0. The lowest BCUT2D eigenvalue weighted by Gasteiger charge is -2.10. The van der Waals surface area contributed by atoms with E-state index in [1.54, 1.807) is 41.0 Å². The highest BCUT2D eigenvalue weighted by atomic mass is 35.5. The normalized spacial score (nSPS) is 12.3. The summed E-state index contributed by atoms with van der Waals surface area (Å²) in [5, 5.41) is 0.573. The number of aryl methyl sites for hydroxylation is 1. The Morgan fingerprint density at radius 3 is 2.44 bits per heavy atom. The monoisotopic (exact) mass is 372 g/mol. The second kappa shape index (κ2) is 7.25. The summed E-state index contributed by atoms with van der Waals surface area (Å²) >= 11 is 6.09. The molecule has 0 atom stereocenters. The predicted octanol–water partition coefficient (Wildman–Crippen LogP) is 3.98. The molecule has 4 nitrogen and oxygen atoms in total. The topological polar surface area (TPSA) is 51.4 Å². The summed E-state index contributed by atoms with van der Waals surface area (Å²) in [6.07, 6.45) is 2.71. The fraction of sp³-hybridized carbons (Fsp3) is 0.105. The summed E-state index contributed by atoms with van der Waals surface area (Å²) in [4.78, 5) is 0.159. The number of pyridine rings is 1. The number of aromatic nitrogens is 1. The Morgan fingerprint density at radius 2 is 1.76 bits per heavy atom. The van der Waals surface area contributed by atoms with Crippen molar-refractivity contribution in [2.45, 2.75) is 18.2 Å². The van der Waals surface area contributed by atoms with Crippen molar-refractivity contribution in [3.05, 3.63) is 89.0 Å². The molecule has 0 amide bonds. The number of nitrogens with zero attached hydrogens (tertiary/aromatic N) is 2. The first-order valence-corrected chi connectivity index (χ1v) is 9.65. The van der Waals surface area contributed by atoms with Crippen molar-refractivity contribution >= 4 is 21.6 Å². The van der Waals surface area contributed by atoms with Crippen LogP contribution in [-0.4, -0.2) is 13.0 Å². The van der Waals surface area contributed by atoms with Gasteiger partial charge in [0.05, 0.1) is 4.90 Å². The fourth-order valence-corrected chi connectivity index (χ4v) is 3.61. The van der Waals surface area contributed by atoms with Crippen LogP contribution >= 0.6 is 11.6 Å². The van der Waals surface area contributed by atoms with Crippen LogP contribution in [0.25, 0.3) is 5.69 Å². The van der Waals surface area contributed by atoms with Gasteiger partial charge in [-0.15, -0.1) is 4.40 Å². The van der Waals surface area contributed by atoms with Crippen LogP contribution in [0.5, 0.6) is 0 Å². The molecule has 0 aliphatic rings. The van der Waals surface area contributed by atoms with E-state index in [2.05, 4.69) is 4.40 Å². The van der Waals surface area contributed by atoms with Gasteiger partial charge in [-0.3, -0.25) is 0 Å². The number of sulfonamides is 1. The summed E-state index contributed by atoms with van der Waals surface area (Å²) < 4.78 is 31.0. The molecule has 0 aliphatic heterocycles. The molecule has 0 saturated carbocycles. The first kappa shape index (κ1) is 17.5. The molecule has 3 rings (SSSR count). The van der Waals surface area contributed by atoms with Gasteiger partial charge in [0, 0.05) is 16.9 Å². The summed E-state index contributed by atoms with van der Waals surface area (Å²) in [7, 11) is -3.80. The van der Waals surface area contributed by atoms with E-state index in [4.69, 9.17) is 11.6 Å². The van der Waals surface area contributed by atoms with Crippen LogP contribution in [0.1, 0.15) is 12.5 Å². The van der Waals surface area contributed by atoms with Gasteiger partial charge in [0.1, 0.15) is 0 Å². The molecule has 0 saturated heterocycles. The molecule has 128 valence electrons. The van der Waals surface area contributed by atoms with Crippen LogP contribution in [0.2, 0.25) is 5.02 Å². The number of halogens is 1. The first-order chi connectivity index (χ1) is 12.0. The average molecular weight is 373 g/mol. The van der Waals surface area contributed by atoms with Gasteiger partial charge in [0.2, 0.25) is 0 Å². The van der Waals surface area contributed by atoms with Crippen molar-refractivity contribution in [1.82, 2.24) is 4.57 Å². The molecule has 0 unspecified atom stereocenters. The lowest BCUT2D eigenvalue weighted by Crippen LogP contribution is -2.21. The molecule has 6 heteroatoms. The lowest BCUT2D eigenvalue weighted by molar-refractivity contribution is 0.596. The fourth-order valence-electron chi connectivity index (χ4n) is 2.42. The first-order valence-electron chi connectivity index (χ1n) is 7.83. The summed E-state index contributed by atoms with van der Waals surface area (Å²) in [6.45, 7) is 2.04. The van der Waals surface area contributed by atoms with Gasteiger partial charge in [-0.1, -0.05) is 48.9 Å². The number of rotatable bonds is 4. The molecule has 0 spiro atoms. The number of hydrogen-bond acceptors (Lipinski definition) is 2. The van der Waals surface area contributed by atoms with E-state index in [9.17, 15) is 8.42 Å². The van der Waals surface area contributed by atoms with Gasteiger partial charge in [-0.2, -0.15) is 8.42 Å². The Balaban J connectivity index is 2.23. The number of benzene rings is 2. The second-order valence-corrected chi connectivity index (χ2v) is 7.52. The third kappa shape index (κ3) is 4.00. The molecule has 3 aromatic rings. The van der Waals surface area contributed by atoms with Crippen molar-refractivity contribution in [1.29, 1.82) is 0 Å². The van der Waals surface area contributed by atoms with Crippen molar-refractivity contribution in [3.8, 4) is 5.69 Å². The summed E-state index contributed by atoms with van der Waals surface area (Å²) in [6, 6.07) is 19.0. The zero-order valence-corrected chi connectivity index (χ0v) is 15.2. The second-order valence-electron chi connectivity index (χ2n) is 5.48. The quantitative estimate of drug-likeness (QED) is 0.695. The predicted molar refractivity (Wildman–Crippen MR) is 99.3 cm³/mol. The third-order valence-electron chi connectivity index (χ3n) is 3.74. The SMILES string of the molecule is CCc1ccc(=NS(=O)(=O)c2ccccc2)n(-c2cccc(Cl)c2)c1. The molecule has 2 aromatic carbocycles. The largest absolute Gasteiger partial charge is 0.301 e. The summed E-state index contributed by atoms with van der Waals surface area (Å²) in [5.74, 6) is 0. The van der Waals surface area contributed by atoms with Gasteiger partial charge in [-0.05, 0) is 48.4 Å². The highest BCUT2D eigenvalue weighted by molar-refractivity contribution is 7.90. The molecule has 0 bridgehead atoms. The van der Waals surface area contributed by atoms with Gasteiger partial charge in [0.25, 0.3) is 10.0 Å². The Hall–Kier alpha value is -2.37. The Labute approximate surface area is 152 Å². The molecule has 1 heterocycles. The van der Waals surface area contributed by atoms with Crippen LogP contribution in [0, 0.1) is 0 Å². The maximum absolute atomic E-state index is 12.6. The van der Waals surface area contributed by atoms with Crippen molar-refractivity contribution in [2.24, 2.45) is 4.40 Å². The minimum Gasteiger partial charge on any atom is -0.301 e. The zero-order chi connectivity index (χ0) is 17.9. The molecule has 0 aliphatic carbocycles. The van der Waals surface area contributed by atoms with Crippen molar-refractivity contribution in [3.63, 3.8) is 0 Å². The lowest BCUT2D eigenvalue weighted by atomic mass is 10.2. The van der Waals surface area contributed by atoms with Gasteiger partial charge >= 0.3 is 0 Å². The molecular formula is C19H17ClN2O2S. The Kier molecular flexibility index (Phi) is 5.06. The average Bonchev–Trinajstić information content (AvgIpc) is 2.62. The molecule has 25 heavy (non-hydrogen) atoms. The van der Waals surface area contributed by atoms with E-state index in [0.29, 0.717) is 10.5 Å². The zero-order valence-electron chi connectivity index (χ0n) is 13.6. The molecular weight excluding hydrogens is 356 g/mol. The van der Waals surface area contributed by atoms with Crippen LogP contribution in [0.4, 0.5) is 0 Å². The van der Waals surface area contributed by atoms with E-state index in [1.165, 1.54) is 12.1 Å². The standard InChI is InChI=1S/C19H17ClN2O2S/c1-2-15-11-12-19(21-25(23,24)18-9-4-3-5-10-18)22(14-15)17-8-6-7-16(20)13-17/h3-14H,2H2,1H3. The van der Waals surface area contributed by atoms with E-state index in [1.807, 2.05) is 31.3 Å². The van der Waals surface area contributed by atoms with E-state index in [-0.39, 0.29) is 4.90 Å². The minimum absolute atomic E-state index is 0.159. The Morgan fingerprint density at radius 1 is 1.00 bits per heavy atom. The van der Waals surface area contributed by atoms with E-state index < -0.39 is 10.0 Å². The summed E-state index contributed by atoms with van der Waals surface area (Å²) in [5.41, 5.74) is 2.14. The van der Waals surface area contributed by atoms with Crippen LogP contribution < -0.4 is 5.49 Å². The smallest absolute Gasteiger partial charge is 0.284 e. The van der Waals surface area contributed by atoms with Crippen LogP contribution in [0.15, 0.2) is 82.2 Å². The molecule has 0 N–H and O–H groups in total. The van der Waals surface area contributed by atoms with Crippen LogP contribution in [0.3, 0.4) is 0 Å². The maximum atomic E-state index is 12.6. The highest BCUT2D eigenvalue weighted by Gasteiger charge is 2.12. The van der Waals surface area contributed by atoms with Crippen molar-refractivity contribution in [2.75, 3.05) is 0 Å². The highest BCUT2D eigenvalue weighted by Crippen LogP contribution is 2.15. The minimum atomic E-state index is -3.80. The van der Waals surface area contributed by atoms with E-state index >= 15 is 0 Å². The van der Waals surface area contributed by atoms with Crippen LogP contribution in [-0.2, 0) is 16.4 Å². The molecule has 0 radical (unpaired) electrons. The van der Waals surface area contributed by atoms with Gasteiger partial charge in [-0.25, -0.2) is 0 Å². The van der Waals surface area contributed by atoms with Gasteiger partial charge in [0.15, 0.2) is 5.49 Å².